The maximum Gasteiger partial charge on any atom is 0.104 e. The summed E-state index contributed by atoms with van der Waals surface area (Å²) in [6.07, 6.45) is 0.325. The summed E-state index contributed by atoms with van der Waals surface area (Å²) in [5.74, 6) is 0.102. The molecule has 0 fully saturated rings. The SMILES string of the molecule is CCC(CO)COC(CO)CO. The van der Waals surface area contributed by atoms with E-state index < -0.39 is 6.10 Å². The van der Waals surface area contributed by atoms with Crippen molar-refractivity contribution in [1.82, 2.24) is 0 Å². The Morgan fingerprint density at radius 3 is 2.00 bits per heavy atom. The topological polar surface area (TPSA) is 69.9 Å². The Balaban J connectivity index is 3.49. The van der Waals surface area contributed by atoms with Crippen molar-refractivity contribution in [3.05, 3.63) is 0 Å². The molecule has 74 valence electrons. The predicted octanol–water partition coefficient (Wildman–Crippen LogP) is -0.625. The first-order chi connectivity index (χ1) is 5.78. The quantitative estimate of drug-likeness (QED) is 0.485. The highest BCUT2D eigenvalue weighted by molar-refractivity contribution is 4.57. The van der Waals surface area contributed by atoms with E-state index in [1.807, 2.05) is 6.92 Å². The van der Waals surface area contributed by atoms with Crippen LogP contribution in [0, 0.1) is 5.92 Å². The zero-order valence-electron chi connectivity index (χ0n) is 7.44. The van der Waals surface area contributed by atoms with E-state index in [9.17, 15) is 0 Å². The minimum atomic E-state index is -0.509. The molecule has 0 aliphatic carbocycles. The molecule has 12 heavy (non-hydrogen) atoms. The summed E-state index contributed by atoms with van der Waals surface area (Å²) in [5, 5.41) is 26.1. The smallest absolute Gasteiger partial charge is 0.104 e. The van der Waals surface area contributed by atoms with Gasteiger partial charge in [0, 0.05) is 12.5 Å². The summed E-state index contributed by atoms with van der Waals surface area (Å²) in [6, 6.07) is 0. The first kappa shape index (κ1) is 11.8. The second-order valence-corrected chi connectivity index (χ2v) is 2.78. The number of aliphatic hydroxyl groups excluding tert-OH is 3. The second kappa shape index (κ2) is 7.49. The van der Waals surface area contributed by atoms with Crippen molar-refractivity contribution in [3.8, 4) is 0 Å². The van der Waals surface area contributed by atoms with Gasteiger partial charge in [-0.05, 0) is 6.42 Å². The van der Waals surface area contributed by atoms with Crippen molar-refractivity contribution >= 4 is 0 Å². The van der Waals surface area contributed by atoms with Crippen LogP contribution in [0.2, 0.25) is 0 Å². The van der Waals surface area contributed by atoms with E-state index >= 15 is 0 Å². The molecule has 3 N–H and O–H groups in total. The normalized spacial score (nSPS) is 13.8. The van der Waals surface area contributed by atoms with Crippen LogP contribution >= 0.6 is 0 Å². The van der Waals surface area contributed by atoms with Crippen molar-refractivity contribution in [2.75, 3.05) is 26.4 Å². The van der Waals surface area contributed by atoms with Crippen molar-refractivity contribution in [1.29, 1.82) is 0 Å². The second-order valence-electron chi connectivity index (χ2n) is 2.78. The van der Waals surface area contributed by atoms with Gasteiger partial charge < -0.3 is 20.1 Å². The molecule has 0 aromatic carbocycles. The van der Waals surface area contributed by atoms with Gasteiger partial charge in [0.05, 0.1) is 19.8 Å². The molecule has 1 unspecified atom stereocenters. The third-order valence-corrected chi connectivity index (χ3v) is 1.81. The molecule has 0 saturated heterocycles. The molecular formula is C8H18O4. The van der Waals surface area contributed by atoms with E-state index in [1.165, 1.54) is 0 Å². The molecule has 1 atom stereocenters. The number of rotatable bonds is 7. The summed E-state index contributed by atoms with van der Waals surface area (Å²) in [5.41, 5.74) is 0. The zero-order valence-corrected chi connectivity index (χ0v) is 7.44. The van der Waals surface area contributed by atoms with Crippen LogP contribution in [0.5, 0.6) is 0 Å². The molecule has 0 bridgehead atoms. The molecule has 0 amide bonds. The Morgan fingerprint density at radius 1 is 1.08 bits per heavy atom. The Bertz CT molecular complexity index is 77.1. The first-order valence-electron chi connectivity index (χ1n) is 4.22. The average molecular weight is 178 g/mol. The van der Waals surface area contributed by atoms with Crippen LogP contribution in [-0.4, -0.2) is 47.9 Å². The van der Waals surface area contributed by atoms with Crippen LogP contribution in [0.15, 0.2) is 0 Å². The van der Waals surface area contributed by atoms with Crippen LogP contribution in [0.25, 0.3) is 0 Å². The lowest BCUT2D eigenvalue weighted by Crippen LogP contribution is -2.26. The molecule has 0 radical (unpaired) electrons. The lowest BCUT2D eigenvalue weighted by Gasteiger charge is -2.16. The monoisotopic (exact) mass is 178 g/mol. The van der Waals surface area contributed by atoms with E-state index in [1.54, 1.807) is 0 Å². The molecule has 0 aromatic heterocycles. The maximum atomic E-state index is 8.78. The summed E-state index contributed by atoms with van der Waals surface area (Å²) in [6.45, 7) is 2.06. The van der Waals surface area contributed by atoms with Gasteiger partial charge in [-0.25, -0.2) is 0 Å². The van der Waals surface area contributed by atoms with E-state index in [0.29, 0.717) is 6.61 Å². The van der Waals surface area contributed by atoms with Crippen molar-refractivity contribution < 1.29 is 20.1 Å². The molecule has 0 aliphatic rings. The van der Waals surface area contributed by atoms with Crippen LogP contribution in [-0.2, 0) is 4.74 Å². The average Bonchev–Trinajstić information content (AvgIpc) is 2.13. The molecule has 0 aromatic rings. The van der Waals surface area contributed by atoms with Crippen LogP contribution in [0.1, 0.15) is 13.3 Å². The summed E-state index contributed by atoms with van der Waals surface area (Å²) < 4.78 is 5.12. The standard InChI is InChI=1S/C8H18O4/c1-2-7(3-9)6-12-8(4-10)5-11/h7-11H,2-6H2,1H3. The largest absolute Gasteiger partial charge is 0.396 e. The number of ether oxygens (including phenoxy) is 1. The fourth-order valence-electron chi connectivity index (χ4n) is 0.735. The zero-order chi connectivity index (χ0) is 9.40. The third kappa shape index (κ3) is 4.66. The fourth-order valence-corrected chi connectivity index (χ4v) is 0.735. The van der Waals surface area contributed by atoms with Gasteiger partial charge >= 0.3 is 0 Å². The summed E-state index contributed by atoms with van der Waals surface area (Å²) in [7, 11) is 0. The van der Waals surface area contributed by atoms with Crippen LogP contribution in [0.3, 0.4) is 0 Å². The van der Waals surface area contributed by atoms with Gasteiger partial charge in [0.15, 0.2) is 0 Å². The van der Waals surface area contributed by atoms with Gasteiger partial charge in [-0.3, -0.25) is 0 Å². The molecule has 0 heterocycles. The predicted molar refractivity (Wildman–Crippen MR) is 44.8 cm³/mol. The molecule has 0 aliphatic heterocycles. The Labute approximate surface area is 72.8 Å². The molecule has 4 nitrogen and oxygen atoms in total. The fraction of sp³-hybridized carbons (Fsp3) is 1.00. The highest BCUT2D eigenvalue weighted by atomic mass is 16.5. The van der Waals surface area contributed by atoms with Gasteiger partial charge in [-0.15, -0.1) is 0 Å². The van der Waals surface area contributed by atoms with Crippen molar-refractivity contribution in [2.45, 2.75) is 19.4 Å². The summed E-state index contributed by atoms with van der Waals surface area (Å²) >= 11 is 0. The van der Waals surface area contributed by atoms with Crippen molar-refractivity contribution in [3.63, 3.8) is 0 Å². The van der Waals surface area contributed by atoms with E-state index in [2.05, 4.69) is 0 Å². The number of aliphatic hydroxyl groups is 3. The lowest BCUT2D eigenvalue weighted by atomic mass is 10.1. The Hall–Kier alpha value is -0.160. The molecule has 4 heteroatoms. The van der Waals surface area contributed by atoms with Gasteiger partial charge in [-0.2, -0.15) is 0 Å². The number of hydrogen-bond acceptors (Lipinski definition) is 4. The van der Waals surface area contributed by atoms with Gasteiger partial charge in [0.2, 0.25) is 0 Å². The maximum absolute atomic E-state index is 8.78. The lowest BCUT2D eigenvalue weighted by molar-refractivity contribution is -0.0402. The minimum Gasteiger partial charge on any atom is -0.396 e. The Kier molecular flexibility index (Phi) is 7.39. The molecular weight excluding hydrogens is 160 g/mol. The third-order valence-electron chi connectivity index (χ3n) is 1.81. The molecule has 0 saturated carbocycles. The molecule has 0 rings (SSSR count). The first-order valence-corrected chi connectivity index (χ1v) is 4.22. The highest BCUT2D eigenvalue weighted by Gasteiger charge is 2.10. The van der Waals surface area contributed by atoms with Crippen LogP contribution < -0.4 is 0 Å². The van der Waals surface area contributed by atoms with Crippen LogP contribution in [0.4, 0.5) is 0 Å². The van der Waals surface area contributed by atoms with Gasteiger partial charge in [0.1, 0.15) is 6.10 Å². The van der Waals surface area contributed by atoms with Crippen molar-refractivity contribution in [2.24, 2.45) is 5.92 Å². The minimum absolute atomic E-state index is 0.0834. The highest BCUT2D eigenvalue weighted by Crippen LogP contribution is 2.03. The van der Waals surface area contributed by atoms with E-state index in [4.69, 9.17) is 20.1 Å². The van der Waals surface area contributed by atoms with E-state index in [-0.39, 0.29) is 25.7 Å². The summed E-state index contributed by atoms with van der Waals surface area (Å²) in [4.78, 5) is 0. The number of hydrogen-bond donors (Lipinski definition) is 3. The van der Waals surface area contributed by atoms with Gasteiger partial charge in [0.25, 0.3) is 0 Å². The molecule has 0 spiro atoms. The Morgan fingerprint density at radius 2 is 1.67 bits per heavy atom. The van der Waals surface area contributed by atoms with Gasteiger partial charge in [-0.1, -0.05) is 6.92 Å². The van der Waals surface area contributed by atoms with E-state index in [0.717, 1.165) is 6.42 Å².